The highest BCUT2D eigenvalue weighted by atomic mass is 16.3. The highest BCUT2D eigenvalue weighted by molar-refractivity contribution is 5.05. The van der Waals surface area contributed by atoms with Crippen LogP contribution in [0, 0.1) is 6.92 Å². The van der Waals surface area contributed by atoms with E-state index in [0.29, 0.717) is 0 Å². The molecular weight excluding hydrogens is 228 g/mol. The summed E-state index contributed by atoms with van der Waals surface area (Å²) in [6.07, 6.45) is 0. The topological polar surface area (TPSA) is 39.9 Å². The van der Waals surface area contributed by atoms with Crippen LogP contribution in [0.4, 0.5) is 0 Å². The van der Waals surface area contributed by atoms with E-state index in [1.54, 1.807) is 0 Å². The number of piperazine rings is 1. The van der Waals surface area contributed by atoms with Crippen LogP contribution in [0.15, 0.2) is 16.5 Å². The lowest BCUT2D eigenvalue weighted by Crippen LogP contribution is -2.50. The van der Waals surface area contributed by atoms with Crippen LogP contribution in [-0.4, -0.2) is 53.2 Å². The first-order valence-electron chi connectivity index (χ1n) is 6.65. The lowest BCUT2D eigenvalue weighted by Gasteiger charge is -2.36. The molecule has 4 heteroatoms. The first-order chi connectivity index (χ1) is 8.42. The van der Waals surface area contributed by atoms with Crippen molar-refractivity contribution in [3.63, 3.8) is 0 Å². The van der Waals surface area contributed by atoms with Crippen molar-refractivity contribution in [3.8, 4) is 0 Å². The summed E-state index contributed by atoms with van der Waals surface area (Å²) in [5.41, 5.74) is -0.597. The van der Waals surface area contributed by atoms with Gasteiger partial charge in [0.2, 0.25) is 0 Å². The second-order valence-corrected chi connectivity index (χ2v) is 5.88. The fraction of sp³-hybridized carbons (Fsp3) is 0.714. The number of hydrogen-bond acceptors (Lipinski definition) is 4. The highest BCUT2D eigenvalue weighted by Gasteiger charge is 2.22. The van der Waals surface area contributed by atoms with Crippen molar-refractivity contribution in [2.45, 2.75) is 32.9 Å². The molecule has 102 valence electrons. The lowest BCUT2D eigenvalue weighted by atomic mass is 10.1. The fourth-order valence-corrected chi connectivity index (χ4v) is 2.44. The number of rotatable bonds is 4. The van der Waals surface area contributed by atoms with Gasteiger partial charge in [-0.2, -0.15) is 0 Å². The quantitative estimate of drug-likeness (QED) is 0.881. The van der Waals surface area contributed by atoms with Gasteiger partial charge >= 0.3 is 0 Å². The summed E-state index contributed by atoms with van der Waals surface area (Å²) in [6, 6.07) is 4.07. The minimum Gasteiger partial charge on any atom is -0.465 e. The van der Waals surface area contributed by atoms with Gasteiger partial charge in [-0.25, -0.2) is 0 Å². The van der Waals surface area contributed by atoms with Crippen molar-refractivity contribution < 1.29 is 9.52 Å². The van der Waals surface area contributed by atoms with E-state index in [9.17, 15) is 5.11 Å². The van der Waals surface area contributed by atoms with Crippen LogP contribution in [0.2, 0.25) is 0 Å². The van der Waals surface area contributed by atoms with E-state index in [1.165, 1.54) is 0 Å². The molecule has 0 spiro atoms. The number of nitrogens with zero attached hydrogens (tertiary/aromatic N) is 2. The molecule has 1 aliphatic rings. The molecule has 0 aliphatic carbocycles. The van der Waals surface area contributed by atoms with Crippen LogP contribution in [0.3, 0.4) is 0 Å². The molecule has 4 nitrogen and oxygen atoms in total. The summed E-state index contributed by atoms with van der Waals surface area (Å²) in [6.45, 7) is 11.5. The summed E-state index contributed by atoms with van der Waals surface area (Å²) < 4.78 is 5.60. The number of aliphatic hydroxyl groups is 1. The van der Waals surface area contributed by atoms with Crippen molar-refractivity contribution in [1.82, 2.24) is 9.80 Å². The maximum Gasteiger partial charge on any atom is 0.118 e. The molecular formula is C14H24N2O2. The summed E-state index contributed by atoms with van der Waals surface area (Å²) >= 11 is 0. The van der Waals surface area contributed by atoms with Crippen molar-refractivity contribution in [1.29, 1.82) is 0 Å². The van der Waals surface area contributed by atoms with Gasteiger partial charge in [-0.1, -0.05) is 0 Å². The molecule has 1 fully saturated rings. The molecule has 0 aromatic carbocycles. The van der Waals surface area contributed by atoms with E-state index in [-0.39, 0.29) is 0 Å². The van der Waals surface area contributed by atoms with Gasteiger partial charge < -0.3 is 9.52 Å². The summed E-state index contributed by atoms with van der Waals surface area (Å²) in [5, 5.41) is 9.80. The summed E-state index contributed by atoms with van der Waals surface area (Å²) in [7, 11) is 0. The van der Waals surface area contributed by atoms with Crippen LogP contribution in [0.25, 0.3) is 0 Å². The minimum absolute atomic E-state index is 0.597. The van der Waals surface area contributed by atoms with Crippen LogP contribution < -0.4 is 0 Å². The molecule has 2 heterocycles. The zero-order chi connectivity index (χ0) is 13.2. The Morgan fingerprint density at radius 1 is 1.17 bits per heavy atom. The zero-order valence-electron chi connectivity index (χ0n) is 11.6. The maximum absolute atomic E-state index is 9.80. The molecule has 1 saturated heterocycles. The molecule has 1 aromatic rings. The number of furan rings is 1. The molecule has 0 bridgehead atoms. The Balaban J connectivity index is 1.77. The van der Waals surface area contributed by atoms with Crippen LogP contribution >= 0.6 is 0 Å². The molecule has 0 radical (unpaired) electrons. The Morgan fingerprint density at radius 2 is 1.78 bits per heavy atom. The average Bonchev–Trinajstić information content (AvgIpc) is 2.65. The normalized spacial score (nSPS) is 19.3. The van der Waals surface area contributed by atoms with Crippen molar-refractivity contribution in [2.24, 2.45) is 0 Å². The van der Waals surface area contributed by atoms with Gasteiger partial charge in [0.15, 0.2) is 0 Å². The van der Waals surface area contributed by atoms with Crippen molar-refractivity contribution in [2.75, 3.05) is 32.7 Å². The Morgan fingerprint density at radius 3 is 2.28 bits per heavy atom. The number of hydrogen-bond donors (Lipinski definition) is 1. The van der Waals surface area contributed by atoms with E-state index in [0.717, 1.165) is 50.8 Å². The van der Waals surface area contributed by atoms with E-state index in [4.69, 9.17) is 4.42 Å². The number of aryl methyl sites for hydroxylation is 1. The Labute approximate surface area is 109 Å². The smallest absolute Gasteiger partial charge is 0.118 e. The Kier molecular flexibility index (Phi) is 4.10. The van der Waals surface area contributed by atoms with Crippen LogP contribution in [-0.2, 0) is 6.54 Å². The predicted octanol–water partition coefficient (Wildman–Crippen LogP) is 1.48. The molecule has 18 heavy (non-hydrogen) atoms. The monoisotopic (exact) mass is 252 g/mol. The molecule has 1 N–H and O–H groups in total. The Bertz CT molecular complexity index is 373. The zero-order valence-corrected chi connectivity index (χ0v) is 11.6. The lowest BCUT2D eigenvalue weighted by molar-refractivity contribution is 0.0158. The molecule has 1 aromatic heterocycles. The fourth-order valence-electron chi connectivity index (χ4n) is 2.44. The molecule has 0 saturated carbocycles. The van der Waals surface area contributed by atoms with Crippen molar-refractivity contribution in [3.05, 3.63) is 23.7 Å². The molecule has 1 aliphatic heterocycles. The van der Waals surface area contributed by atoms with E-state index >= 15 is 0 Å². The molecule has 0 unspecified atom stereocenters. The third kappa shape index (κ3) is 4.12. The molecule has 2 rings (SSSR count). The van der Waals surface area contributed by atoms with E-state index in [1.807, 2.05) is 26.8 Å². The van der Waals surface area contributed by atoms with Gasteiger partial charge in [-0.15, -0.1) is 0 Å². The Hall–Kier alpha value is -0.840. The number of β-amino-alcohol motifs (C(OH)–C–C–N with tert-alkyl or cyclic N) is 1. The van der Waals surface area contributed by atoms with Gasteiger partial charge in [0.1, 0.15) is 11.5 Å². The maximum atomic E-state index is 9.80. The minimum atomic E-state index is -0.597. The first kappa shape index (κ1) is 13.6. The van der Waals surface area contributed by atoms with E-state index < -0.39 is 5.60 Å². The van der Waals surface area contributed by atoms with Gasteiger partial charge in [0.25, 0.3) is 0 Å². The standard InChI is InChI=1S/C14H24N2O2/c1-12-4-5-13(18-12)10-15-6-8-16(9-7-15)11-14(2,3)17/h4-5,17H,6-11H2,1-3H3. The van der Waals surface area contributed by atoms with Crippen LogP contribution in [0.5, 0.6) is 0 Å². The van der Waals surface area contributed by atoms with E-state index in [2.05, 4.69) is 15.9 Å². The summed E-state index contributed by atoms with van der Waals surface area (Å²) in [4.78, 5) is 4.73. The SMILES string of the molecule is Cc1ccc(CN2CCN(CC(C)(C)O)CC2)o1. The third-order valence-corrected chi connectivity index (χ3v) is 3.25. The third-order valence-electron chi connectivity index (χ3n) is 3.25. The van der Waals surface area contributed by atoms with Gasteiger partial charge in [0, 0.05) is 32.7 Å². The molecule has 0 amide bonds. The largest absolute Gasteiger partial charge is 0.465 e. The second-order valence-electron chi connectivity index (χ2n) is 5.88. The average molecular weight is 252 g/mol. The summed E-state index contributed by atoms with van der Waals surface area (Å²) in [5.74, 6) is 2.02. The molecule has 0 atom stereocenters. The highest BCUT2D eigenvalue weighted by Crippen LogP contribution is 2.13. The first-order valence-corrected chi connectivity index (χ1v) is 6.65. The predicted molar refractivity (Wildman–Crippen MR) is 71.5 cm³/mol. The van der Waals surface area contributed by atoms with Crippen molar-refractivity contribution >= 4 is 0 Å². The van der Waals surface area contributed by atoms with Gasteiger partial charge in [-0.05, 0) is 32.9 Å². The van der Waals surface area contributed by atoms with Crippen LogP contribution in [0.1, 0.15) is 25.4 Å². The van der Waals surface area contributed by atoms with Gasteiger partial charge in [-0.3, -0.25) is 9.80 Å². The van der Waals surface area contributed by atoms with Gasteiger partial charge in [0.05, 0.1) is 12.1 Å². The second kappa shape index (κ2) is 5.43.